The summed E-state index contributed by atoms with van der Waals surface area (Å²) in [6.45, 7) is 0. The second-order valence-corrected chi connectivity index (χ2v) is 3.92. The normalized spacial score (nSPS) is 9.95. The zero-order valence-electron chi connectivity index (χ0n) is 10.8. The molecule has 9 nitrogen and oxygen atoms in total. The van der Waals surface area contributed by atoms with Crippen LogP contribution in [-0.4, -0.2) is 21.9 Å². The van der Waals surface area contributed by atoms with Crippen molar-refractivity contribution in [2.45, 2.75) is 0 Å². The second-order valence-electron chi connectivity index (χ2n) is 3.92. The van der Waals surface area contributed by atoms with E-state index in [2.05, 4.69) is 10.3 Å². The molecular formula is C12H10N4O5. The fourth-order valence-corrected chi connectivity index (χ4v) is 1.68. The molecule has 0 radical (unpaired) electrons. The highest BCUT2D eigenvalue weighted by molar-refractivity contribution is 5.73. The van der Waals surface area contributed by atoms with E-state index in [0.29, 0.717) is 5.69 Å². The van der Waals surface area contributed by atoms with Crippen molar-refractivity contribution in [1.29, 1.82) is 0 Å². The highest BCUT2D eigenvalue weighted by atomic mass is 16.6. The summed E-state index contributed by atoms with van der Waals surface area (Å²) in [4.78, 5) is 24.2. The Balaban J connectivity index is 2.40. The van der Waals surface area contributed by atoms with Gasteiger partial charge in [0, 0.05) is 12.3 Å². The minimum Gasteiger partial charge on any atom is -0.494 e. The molecule has 1 aromatic heterocycles. The number of nitro benzene ring substituents is 1. The molecule has 0 amide bonds. The first kappa shape index (κ1) is 14.2. The molecule has 0 fully saturated rings. The monoisotopic (exact) mass is 290 g/mol. The predicted molar refractivity (Wildman–Crippen MR) is 73.8 cm³/mol. The Kier molecular flexibility index (Phi) is 3.93. The Morgan fingerprint density at radius 3 is 2.52 bits per heavy atom. The van der Waals surface area contributed by atoms with Crippen LogP contribution in [0.25, 0.3) is 0 Å². The fraction of sp³-hybridized carbons (Fsp3) is 0.0833. The molecule has 0 spiro atoms. The quantitative estimate of drug-likeness (QED) is 0.663. The lowest BCUT2D eigenvalue weighted by atomic mass is 10.2. The van der Waals surface area contributed by atoms with Crippen molar-refractivity contribution in [2.75, 3.05) is 12.4 Å². The van der Waals surface area contributed by atoms with Crippen LogP contribution in [0.3, 0.4) is 0 Å². The second kappa shape index (κ2) is 5.82. The summed E-state index contributed by atoms with van der Waals surface area (Å²) in [6.07, 6.45) is 2.51. The number of nitrogens with one attached hydrogen (secondary N) is 1. The first-order chi connectivity index (χ1) is 10.0. The van der Waals surface area contributed by atoms with Gasteiger partial charge in [-0.3, -0.25) is 25.2 Å². The summed E-state index contributed by atoms with van der Waals surface area (Å²) in [6, 6.07) is 5.35. The summed E-state index contributed by atoms with van der Waals surface area (Å²) in [5, 5.41) is 24.4. The maximum absolute atomic E-state index is 10.9. The van der Waals surface area contributed by atoms with Crippen LogP contribution in [0.2, 0.25) is 0 Å². The third-order valence-corrected chi connectivity index (χ3v) is 2.66. The molecule has 9 heteroatoms. The Hall–Kier alpha value is -3.23. The van der Waals surface area contributed by atoms with Gasteiger partial charge in [-0.05, 0) is 12.1 Å². The van der Waals surface area contributed by atoms with E-state index in [0.717, 1.165) is 6.20 Å². The first-order valence-electron chi connectivity index (χ1n) is 5.70. The van der Waals surface area contributed by atoms with E-state index in [9.17, 15) is 20.2 Å². The van der Waals surface area contributed by atoms with Gasteiger partial charge in [-0.15, -0.1) is 0 Å². The minimum absolute atomic E-state index is 0.137. The third-order valence-electron chi connectivity index (χ3n) is 2.66. The lowest BCUT2D eigenvalue weighted by molar-refractivity contribution is -0.384. The Bertz CT molecular complexity index is 704. The average molecular weight is 290 g/mol. The smallest absolute Gasteiger partial charge is 0.310 e. The van der Waals surface area contributed by atoms with Gasteiger partial charge in [-0.25, -0.2) is 0 Å². The van der Waals surface area contributed by atoms with E-state index in [1.165, 1.54) is 37.6 Å². The van der Waals surface area contributed by atoms with Crippen LogP contribution in [0, 0.1) is 20.2 Å². The fourth-order valence-electron chi connectivity index (χ4n) is 1.68. The van der Waals surface area contributed by atoms with Crippen LogP contribution < -0.4 is 10.1 Å². The van der Waals surface area contributed by atoms with Gasteiger partial charge in [0.15, 0.2) is 0 Å². The van der Waals surface area contributed by atoms with E-state index >= 15 is 0 Å². The van der Waals surface area contributed by atoms with E-state index < -0.39 is 9.85 Å². The number of nitro groups is 2. The maximum atomic E-state index is 10.9. The molecule has 108 valence electrons. The number of hydrogen-bond donors (Lipinski definition) is 1. The van der Waals surface area contributed by atoms with Crippen molar-refractivity contribution in [3.63, 3.8) is 0 Å². The zero-order valence-corrected chi connectivity index (χ0v) is 10.8. The van der Waals surface area contributed by atoms with E-state index in [4.69, 9.17) is 4.74 Å². The molecule has 2 rings (SSSR count). The van der Waals surface area contributed by atoms with Gasteiger partial charge in [0.05, 0.1) is 28.7 Å². The lowest BCUT2D eigenvalue weighted by Crippen LogP contribution is -2.00. The molecule has 1 N–H and O–H groups in total. The van der Waals surface area contributed by atoms with Crippen molar-refractivity contribution in [3.8, 4) is 5.75 Å². The van der Waals surface area contributed by atoms with Crippen molar-refractivity contribution in [1.82, 2.24) is 4.98 Å². The molecule has 0 aliphatic rings. The van der Waals surface area contributed by atoms with Crippen molar-refractivity contribution in [2.24, 2.45) is 0 Å². The predicted octanol–water partition coefficient (Wildman–Crippen LogP) is 2.65. The number of pyridine rings is 1. The molecule has 0 bridgehead atoms. The number of ether oxygens (including phenoxy) is 1. The van der Waals surface area contributed by atoms with Gasteiger partial charge >= 0.3 is 5.69 Å². The maximum Gasteiger partial charge on any atom is 0.310 e. The summed E-state index contributed by atoms with van der Waals surface area (Å²) >= 11 is 0. The molecule has 1 aromatic carbocycles. The Morgan fingerprint density at radius 1 is 1.14 bits per heavy atom. The number of rotatable bonds is 5. The number of benzene rings is 1. The molecule has 0 saturated heterocycles. The number of anilines is 2. The topological polar surface area (TPSA) is 120 Å². The number of methoxy groups -OCH3 is 1. The largest absolute Gasteiger partial charge is 0.494 e. The molecular weight excluding hydrogens is 280 g/mol. The standard InChI is InChI=1S/C12H10N4O5/c1-21-12-6-8(15(17)18)2-3-10(12)14-9-4-5-13-7-11(9)16(19)20/h2-7H,1H3,(H,13,14). The van der Waals surface area contributed by atoms with Crippen molar-refractivity contribution >= 4 is 22.7 Å². The van der Waals surface area contributed by atoms with Gasteiger partial charge < -0.3 is 10.1 Å². The molecule has 0 unspecified atom stereocenters. The summed E-state index contributed by atoms with van der Waals surface area (Å²) in [5.41, 5.74) is 0.235. The van der Waals surface area contributed by atoms with Crippen molar-refractivity contribution in [3.05, 3.63) is 56.9 Å². The molecule has 21 heavy (non-hydrogen) atoms. The molecule has 0 aliphatic heterocycles. The van der Waals surface area contributed by atoms with Gasteiger partial charge in [0.25, 0.3) is 5.69 Å². The number of non-ortho nitro benzene ring substituents is 1. The number of aromatic nitrogens is 1. The summed E-state index contributed by atoms with van der Waals surface area (Å²) in [7, 11) is 1.35. The Labute approximate surface area is 118 Å². The number of nitrogens with zero attached hydrogens (tertiary/aromatic N) is 3. The summed E-state index contributed by atoms with van der Waals surface area (Å²) < 4.78 is 5.06. The van der Waals surface area contributed by atoms with Gasteiger partial charge in [-0.2, -0.15) is 0 Å². The van der Waals surface area contributed by atoms with E-state index in [-0.39, 0.29) is 22.8 Å². The zero-order chi connectivity index (χ0) is 15.4. The third kappa shape index (κ3) is 3.03. The van der Waals surface area contributed by atoms with Gasteiger partial charge in [0.2, 0.25) is 0 Å². The first-order valence-corrected chi connectivity index (χ1v) is 5.70. The van der Waals surface area contributed by atoms with Gasteiger partial charge in [-0.1, -0.05) is 0 Å². The summed E-state index contributed by atoms with van der Waals surface area (Å²) in [5.74, 6) is 0.204. The number of hydrogen-bond acceptors (Lipinski definition) is 7. The molecule has 0 saturated carbocycles. The molecule has 0 atom stereocenters. The van der Waals surface area contributed by atoms with Gasteiger partial charge in [0.1, 0.15) is 17.6 Å². The lowest BCUT2D eigenvalue weighted by Gasteiger charge is -2.10. The van der Waals surface area contributed by atoms with E-state index in [1.54, 1.807) is 0 Å². The molecule has 0 aliphatic carbocycles. The average Bonchev–Trinajstić information content (AvgIpc) is 2.47. The van der Waals surface area contributed by atoms with Crippen LogP contribution in [0.4, 0.5) is 22.7 Å². The van der Waals surface area contributed by atoms with E-state index in [1.807, 2.05) is 0 Å². The SMILES string of the molecule is COc1cc([N+](=O)[O-])ccc1Nc1ccncc1[N+](=O)[O-]. The molecule has 2 aromatic rings. The highest BCUT2D eigenvalue weighted by Crippen LogP contribution is 2.33. The van der Waals surface area contributed by atoms with Crippen LogP contribution in [0.1, 0.15) is 0 Å². The van der Waals surface area contributed by atoms with Crippen molar-refractivity contribution < 1.29 is 14.6 Å². The highest BCUT2D eigenvalue weighted by Gasteiger charge is 2.16. The van der Waals surface area contributed by atoms with Crippen LogP contribution in [0.15, 0.2) is 36.7 Å². The van der Waals surface area contributed by atoms with Crippen LogP contribution in [-0.2, 0) is 0 Å². The minimum atomic E-state index is -0.576. The van der Waals surface area contributed by atoms with Crippen LogP contribution in [0.5, 0.6) is 5.75 Å². The molecule has 1 heterocycles. The Morgan fingerprint density at radius 2 is 1.90 bits per heavy atom. The van der Waals surface area contributed by atoms with Crippen LogP contribution >= 0.6 is 0 Å².